The van der Waals surface area contributed by atoms with Crippen molar-refractivity contribution in [3.8, 4) is 0 Å². The number of hydrogen-bond acceptors (Lipinski definition) is 4. The first kappa shape index (κ1) is 15.6. The van der Waals surface area contributed by atoms with Gasteiger partial charge in [0.15, 0.2) is 5.60 Å². The van der Waals surface area contributed by atoms with Crippen LogP contribution in [-0.4, -0.2) is 67.0 Å². The summed E-state index contributed by atoms with van der Waals surface area (Å²) in [6.45, 7) is 0. The molecule has 0 aliphatic heterocycles. The molecule has 0 aliphatic rings. The van der Waals surface area contributed by atoms with Crippen molar-refractivity contribution in [2.75, 3.05) is 0 Å². The van der Waals surface area contributed by atoms with Crippen LogP contribution in [0.15, 0.2) is 0 Å². The molecule has 0 atom stereocenters. The molecule has 7 nitrogen and oxygen atoms in total. The van der Waals surface area contributed by atoms with Crippen molar-refractivity contribution in [2.45, 2.75) is 18.4 Å². The Morgan fingerprint density at radius 3 is 1.43 bits per heavy atom. The molecule has 4 N–H and O–H groups in total. The summed E-state index contributed by atoms with van der Waals surface area (Å²) in [7, 11) is 0. The Labute approximate surface area is 97.5 Å². The first-order valence-corrected chi connectivity index (χ1v) is 3.17. The van der Waals surface area contributed by atoms with E-state index in [1.54, 1.807) is 0 Å². The average molecular weight is 218 g/mol. The summed E-state index contributed by atoms with van der Waals surface area (Å²) in [5, 5.41) is 33.8. The zero-order valence-electron chi connectivity index (χ0n) is 9.13. The molecule has 0 fully saturated rings. The second kappa shape index (κ2) is 5.78. The standard InChI is InChI=1S/C6H8O7.Mg.2H/c7-3(8)1-6(13,5(11)12)2-4(9)10;;;/h13H,1-2H2,(H,7,8)(H,9,10)(H,11,12);;;/q;+2;2*-1. The van der Waals surface area contributed by atoms with E-state index in [9.17, 15) is 14.4 Å². The number of carboxylic acid groups (broad SMARTS) is 3. The molecular weight excluding hydrogens is 208 g/mol. The van der Waals surface area contributed by atoms with E-state index in [0.717, 1.165) is 0 Å². The Hall–Kier alpha value is -0.864. The third-order valence-electron chi connectivity index (χ3n) is 1.29. The molecule has 0 aromatic rings. The number of rotatable bonds is 5. The average Bonchev–Trinajstić information content (AvgIpc) is 1.82. The van der Waals surface area contributed by atoms with Crippen LogP contribution in [0.1, 0.15) is 15.7 Å². The van der Waals surface area contributed by atoms with Gasteiger partial charge >= 0.3 is 41.0 Å². The first-order valence-electron chi connectivity index (χ1n) is 3.17. The molecule has 14 heavy (non-hydrogen) atoms. The smallest absolute Gasteiger partial charge is 1.00 e. The molecule has 0 bridgehead atoms. The minimum absolute atomic E-state index is 0. The predicted octanol–water partition coefficient (Wildman–Crippen LogP) is -1.40. The molecule has 0 aliphatic carbocycles. The van der Waals surface area contributed by atoms with E-state index in [-0.39, 0.29) is 25.9 Å². The van der Waals surface area contributed by atoms with Crippen LogP contribution in [0.2, 0.25) is 0 Å². The summed E-state index contributed by atoms with van der Waals surface area (Å²) >= 11 is 0. The molecule has 0 unspecified atom stereocenters. The Morgan fingerprint density at radius 1 is 1.00 bits per heavy atom. The van der Waals surface area contributed by atoms with Crippen LogP contribution in [0.5, 0.6) is 0 Å². The topological polar surface area (TPSA) is 132 Å². The SMILES string of the molecule is O=C(O)CC(O)(CC(=O)O)C(=O)O.[H-].[H-].[Mg+2]. The van der Waals surface area contributed by atoms with E-state index in [1.165, 1.54) is 0 Å². The van der Waals surface area contributed by atoms with Gasteiger partial charge in [-0.1, -0.05) is 0 Å². The minimum atomic E-state index is -2.74. The first-order chi connectivity index (χ1) is 5.78. The molecule has 0 aromatic carbocycles. The van der Waals surface area contributed by atoms with E-state index in [4.69, 9.17) is 20.4 Å². The van der Waals surface area contributed by atoms with Crippen LogP contribution in [0, 0.1) is 0 Å². The number of carbonyl (C=O) groups is 3. The van der Waals surface area contributed by atoms with Crippen molar-refractivity contribution in [3.63, 3.8) is 0 Å². The molecule has 0 heterocycles. The number of hydrogen-bond donors (Lipinski definition) is 4. The zero-order chi connectivity index (χ0) is 10.6. The molecule has 0 radical (unpaired) electrons. The van der Waals surface area contributed by atoms with Crippen LogP contribution < -0.4 is 0 Å². The van der Waals surface area contributed by atoms with Crippen LogP contribution in [0.4, 0.5) is 0 Å². The van der Waals surface area contributed by atoms with Gasteiger partial charge in [-0.3, -0.25) is 9.59 Å². The summed E-state index contributed by atoms with van der Waals surface area (Å²) in [5.74, 6) is -5.02. The van der Waals surface area contributed by atoms with Gasteiger partial charge in [-0.05, 0) is 0 Å². The second-order valence-corrected chi connectivity index (χ2v) is 2.48. The summed E-state index contributed by atoms with van der Waals surface area (Å²) in [5.41, 5.74) is -2.74. The maximum absolute atomic E-state index is 10.3. The van der Waals surface area contributed by atoms with Crippen LogP contribution in [0.3, 0.4) is 0 Å². The zero-order valence-corrected chi connectivity index (χ0v) is 8.55. The van der Waals surface area contributed by atoms with E-state index in [1.807, 2.05) is 0 Å². The molecule has 0 saturated carbocycles. The predicted molar refractivity (Wildman–Crippen MR) is 45.1 cm³/mol. The normalized spacial score (nSPS) is 10.1. The van der Waals surface area contributed by atoms with E-state index in [2.05, 4.69) is 0 Å². The third-order valence-corrected chi connectivity index (χ3v) is 1.29. The summed E-state index contributed by atoms with van der Waals surface area (Å²) in [6, 6.07) is 0. The second-order valence-electron chi connectivity index (χ2n) is 2.48. The summed E-state index contributed by atoms with van der Waals surface area (Å²) < 4.78 is 0. The molecule has 0 spiro atoms. The Kier molecular flexibility index (Phi) is 6.44. The van der Waals surface area contributed by atoms with E-state index < -0.39 is 36.4 Å². The van der Waals surface area contributed by atoms with Gasteiger partial charge in [0.2, 0.25) is 0 Å². The van der Waals surface area contributed by atoms with Crippen molar-refractivity contribution in [1.82, 2.24) is 0 Å². The Morgan fingerprint density at radius 2 is 1.29 bits per heavy atom. The van der Waals surface area contributed by atoms with Gasteiger partial charge in [0.05, 0.1) is 12.8 Å². The molecule has 0 amide bonds. The van der Waals surface area contributed by atoms with Gasteiger partial charge < -0.3 is 23.3 Å². The number of aliphatic hydroxyl groups is 1. The quantitative estimate of drug-likeness (QED) is 0.417. The molecule has 8 heteroatoms. The fourth-order valence-electron chi connectivity index (χ4n) is 0.714. The van der Waals surface area contributed by atoms with Crippen molar-refractivity contribution in [1.29, 1.82) is 0 Å². The van der Waals surface area contributed by atoms with Gasteiger partial charge in [-0.15, -0.1) is 0 Å². The van der Waals surface area contributed by atoms with Gasteiger partial charge in [-0.2, -0.15) is 0 Å². The fourth-order valence-corrected chi connectivity index (χ4v) is 0.714. The van der Waals surface area contributed by atoms with Crippen LogP contribution in [-0.2, 0) is 14.4 Å². The summed E-state index contributed by atoms with van der Waals surface area (Å²) in [6.07, 6.45) is -2.29. The van der Waals surface area contributed by atoms with Crippen molar-refractivity contribution < 1.29 is 37.7 Å². The number of aliphatic carboxylic acids is 3. The molecule has 0 aromatic heterocycles. The maximum atomic E-state index is 10.3. The molecule has 0 rings (SSSR count). The fraction of sp³-hybridized carbons (Fsp3) is 0.500. The van der Waals surface area contributed by atoms with Gasteiger partial charge in [0.25, 0.3) is 0 Å². The largest absolute Gasteiger partial charge is 2.00 e. The molecule has 0 saturated heterocycles. The minimum Gasteiger partial charge on any atom is -1.00 e. The van der Waals surface area contributed by atoms with Crippen LogP contribution in [0.25, 0.3) is 0 Å². The Bertz CT molecular complexity index is 241. The van der Waals surface area contributed by atoms with E-state index in [0.29, 0.717) is 0 Å². The number of carboxylic acids is 3. The van der Waals surface area contributed by atoms with E-state index >= 15 is 0 Å². The molecule has 78 valence electrons. The van der Waals surface area contributed by atoms with Crippen molar-refractivity contribution >= 4 is 41.0 Å². The van der Waals surface area contributed by atoms with Gasteiger partial charge in [-0.25, -0.2) is 4.79 Å². The van der Waals surface area contributed by atoms with Gasteiger partial charge in [0.1, 0.15) is 0 Å². The third kappa shape index (κ3) is 4.99. The monoisotopic (exact) mass is 218 g/mol. The van der Waals surface area contributed by atoms with Crippen LogP contribution >= 0.6 is 0 Å². The molecular formula is C6H10MgO7. The summed E-state index contributed by atoms with van der Waals surface area (Å²) in [4.78, 5) is 30.5. The van der Waals surface area contributed by atoms with Crippen molar-refractivity contribution in [2.24, 2.45) is 0 Å². The van der Waals surface area contributed by atoms with Gasteiger partial charge in [0, 0.05) is 0 Å². The Balaban J connectivity index is -0.000000240. The maximum Gasteiger partial charge on any atom is 2.00 e. The van der Waals surface area contributed by atoms with Crippen molar-refractivity contribution in [3.05, 3.63) is 0 Å².